The molecule has 1 saturated carbocycles. The van der Waals surface area contributed by atoms with Gasteiger partial charge < -0.3 is 10.2 Å². The van der Waals surface area contributed by atoms with Crippen LogP contribution in [0.5, 0.6) is 0 Å². The van der Waals surface area contributed by atoms with E-state index in [2.05, 4.69) is 10.2 Å². The SMILES string of the molecule is O=C(NC1CCN(CC2CCCC2)CC1)c1ccc(F)cc1F. The van der Waals surface area contributed by atoms with Gasteiger partial charge in [-0.2, -0.15) is 0 Å². The van der Waals surface area contributed by atoms with Crippen LogP contribution in [0.1, 0.15) is 48.9 Å². The monoisotopic (exact) mass is 322 g/mol. The lowest BCUT2D eigenvalue weighted by atomic mass is 10.0. The van der Waals surface area contributed by atoms with Gasteiger partial charge in [-0.05, 0) is 43.7 Å². The Kier molecular flexibility index (Phi) is 5.26. The van der Waals surface area contributed by atoms with Crippen molar-refractivity contribution in [3.05, 3.63) is 35.4 Å². The molecule has 1 saturated heterocycles. The summed E-state index contributed by atoms with van der Waals surface area (Å²) in [6.45, 7) is 3.13. The number of halogens is 2. The first-order valence-corrected chi connectivity index (χ1v) is 8.60. The van der Waals surface area contributed by atoms with E-state index >= 15 is 0 Å². The lowest BCUT2D eigenvalue weighted by Crippen LogP contribution is -2.45. The summed E-state index contributed by atoms with van der Waals surface area (Å²) < 4.78 is 26.5. The predicted octanol–water partition coefficient (Wildman–Crippen LogP) is 3.35. The largest absolute Gasteiger partial charge is 0.349 e. The van der Waals surface area contributed by atoms with Crippen LogP contribution in [0, 0.1) is 17.6 Å². The molecule has 0 atom stereocenters. The average molecular weight is 322 g/mol. The van der Waals surface area contributed by atoms with E-state index in [1.54, 1.807) is 0 Å². The molecule has 126 valence electrons. The molecule has 1 heterocycles. The zero-order valence-corrected chi connectivity index (χ0v) is 13.4. The van der Waals surface area contributed by atoms with Crippen LogP contribution in [0.15, 0.2) is 18.2 Å². The highest BCUT2D eigenvalue weighted by Gasteiger charge is 2.25. The second-order valence-electron chi connectivity index (χ2n) is 6.82. The molecule has 0 aromatic heterocycles. The van der Waals surface area contributed by atoms with Crippen molar-refractivity contribution in [2.45, 2.75) is 44.6 Å². The number of nitrogens with one attached hydrogen (secondary N) is 1. The molecule has 0 unspecified atom stereocenters. The Balaban J connectivity index is 1.47. The normalized spacial score (nSPS) is 20.8. The molecule has 5 heteroatoms. The fourth-order valence-corrected chi connectivity index (χ4v) is 3.75. The van der Waals surface area contributed by atoms with E-state index in [9.17, 15) is 13.6 Å². The highest BCUT2D eigenvalue weighted by molar-refractivity contribution is 5.94. The summed E-state index contributed by atoms with van der Waals surface area (Å²) in [6.07, 6.45) is 7.20. The molecule has 3 nitrogen and oxygen atoms in total. The summed E-state index contributed by atoms with van der Waals surface area (Å²) in [6, 6.07) is 3.14. The summed E-state index contributed by atoms with van der Waals surface area (Å²) in [5, 5.41) is 2.88. The second-order valence-corrected chi connectivity index (χ2v) is 6.82. The summed E-state index contributed by atoms with van der Waals surface area (Å²) in [5.41, 5.74) is -0.0835. The summed E-state index contributed by atoms with van der Waals surface area (Å²) in [5.74, 6) is -1.08. The number of likely N-dealkylation sites (tertiary alicyclic amines) is 1. The minimum atomic E-state index is -0.804. The fourth-order valence-electron chi connectivity index (χ4n) is 3.75. The predicted molar refractivity (Wildman–Crippen MR) is 85.2 cm³/mol. The molecule has 1 aliphatic heterocycles. The van der Waals surface area contributed by atoms with Gasteiger partial charge in [0.25, 0.3) is 5.91 Å². The smallest absolute Gasteiger partial charge is 0.254 e. The van der Waals surface area contributed by atoms with Crippen molar-refractivity contribution in [1.82, 2.24) is 10.2 Å². The average Bonchev–Trinajstić information content (AvgIpc) is 3.02. The number of carbonyl (C=O) groups excluding carboxylic acids is 1. The van der Waals surface area contributed by atoms with Crippen LogP contribution in [-0.4, -0.2) is 36.5 Å². The van der Waals surface area contributed by atoms with Crippen molar-refractivity contribution in [3.63, 3.8) is 0 Å². The molecule has 1 aromatic rings. The first-order valence-electron chi connectivity index (χ1n) is 8.60. The highest BCUT2D eigenvalue weighted by Crippen LogP contribution is 2.26. The van der Waals surface area contributed by atoms with Crippen molar-refractivity contribution >= 4 is 5.91 Å². The summed E-state index contributed by atoms with van der Waals surface area (Å²) in [4.78, 5) is 14.6. The van der Waals surface area contributed by atoms with E-state index < -0.39 is 17.5 Å². The number of benzene rings is 1. The molecule has 1 N–H and O–H groups in total. The number of hydrogen-bond acceptors (Lipinski definition) is 2. The number of piperidine rings is 1. The molecule has 0 radical (unpaired) electrons. The molecular weight excluding hydrogens is 298 g/mol. The van der Waals surface area contributed by atoms with Crippen LogP contribution in [0.4, 0.5) is 8.78 Å². The molecule has 0 spiro atoms. The molecule has 0 bridgehead atoms. The van der Waals surface area contributed by atoms with Gasteiger partial charge in [0.2, 0.25) is 0 Å². The van der Waals surface area contributed by atoms with Crippen LogP contribution in [-0.2, 0) is 0 Å². The zero-order valence-electron chi connectivity index (χ0n) is 13.4. The van der Waals surface area contributed by atoms with Crippen molar-refractivity contribution in [1.29, 1.82) is 0 Å². The Bertz CT molecular complexity index is 550. The van der Waals surface area contributed by atoms with Crippen LogP contribution in [0.2, 0.25) is 0 Å². The number of amides is 1. The van der Waals surface area contributed by atoms with E-state index in [0.29, 0.717) is 0 Å². The third-order valence-electron chi connectivity index (χ3n) is 5.09. The Morgan fingerprint density at radius 3 is 2.48 bits per heavy atom. The van der Waals surface area contributed by atoms with Gasteiger partial charge in [0, 0.05) is 31.7 Å². The third-order valence-corrected chi connectivity index (χ3v) is 5.09. The summed E-state index contributed by atoms with van der Waals surface area (Å²) in [7, 11) is 0. The number of hydrogen-bond donors (Lipinski definition) is 1. The Morgan fingerprint density at radius 2 is 1.83 bits per heavy atom. The van der Waals surface area contributed by atoms with Crippen LogP contribution < -0.4 is 5.32 Å². The van der Waals surface area contributed by atoms with Crippen molar-refractivity contribution in [3.8, 4) is 0 Å². The highest BCUT2D eigenvalue weighted by atomic mass is 19.1. The van der Waals surface area contributed by atoms with E-state index in [4.69, 9.17) is 0 Å². The van der Waals surface area contributed by atoms with Gasteiger partial charge in [-0.15, -0.1) is 0 Å². The Morgan fingerprint density at radius 1 is 1.13 bits per heavy atom. The molecule has 2 aliphatic rings. The standard InChI is InChI=1S/C18H24F2N2O/c19-14-5-6-16(17(20)11-14)18(23)21-15-7-9-22(10-8-15)12-13-3-1-2-4-13/h5-6,11,13,15H,1-4,7-10,12H2,(H,21,23). The van der Waals surface area contributed by atoms with E-state index in [-0.39, 0.29) is 11.6 Å². The molecule has 3 rings (SSSR count). The summed E-state index contributed by atoms with van der Waals surface area (Å²) >= 11 is 0. The minimum absolute atomic E-state index is 0.0757. The van der Waals surface area contributed by atoms with E-state index in [0.717, 1.165) is 44.0 Å². The lowest BCUT2D eigenvalue weighted by molar-refractivity contribution is 0.0901. The zero-order chi connectivity index (χ0) is 16.2. The quantitative estimate of drug-likeness (QED) is 0.922. The van der Waals surface area contributed by atoms with Gasteiger partial charge in [0.05, 0.1) is 5.56 Å². The maximum atomic E-state index is 13.6. The third kappa shape index (κ3) is 4.28. The molecular formula is C18H24F2N2O. The lowest BCUT2D eigenvalue weighted by Gasteiger charge is -2.33. The van der Waals surface area contributed by atoms with Gasteiger partial charge in [-0.25, -0.2) is 8.78 Å². The van der Waals surface area contributed by atoms with Crippen LogP contribution in [0.25, 0.3) is 0 Å². The number of rotatable bonds is 4. The molecule has 1 aromatic carbocycles. The van der Waals surface area contributed by atoms with E-state index in [1.807, 2.05) is 0 Å². The maximum Gasteiger partial charge on any atom is 0.254 e. The van der Waals surface area contributed by atoms with Gasteiger partial charge in [0.1, 0.15) is 11.6 Å². The molecule has 1 amide bonds. The maximum absolute atomic E-state index is 13.6. The van der Waals surface area contributed by atoms with Crippen LogP contribution in [0.3, 0.4) is 0 Å². The first-order chi connectivity index (χ1) is 11.1. The second kappa shape index (κ2) is 7.39. The molecule has 2 fully saturated rings. The van der Waals surface area contributed by atoms with Gasteiger partial charge >= 0.3 is 0 Å². The van der Waals surface area contributed by atoms with Crippen molar-refractivity contribution < 1.29 is 13.6 Å². The number of carbonyl (C=O) groups is 1. The first kappa shape index (κ1) is 16.4. The van der Waals surface area contributed by atoms with Crippen LogP contribution >= 0.6 is 0 Å². The van der Waals surface area contributed by atoms with Gasteiger partial charge in [-0.1, -0.05) is 12.8 Å². The Labute approximate surface area is 136 Å². The fraction of sp³-hybridized carbons (Fsp3) is 0.611. The molecule has 23 heavy (non-hydrogen) atoms. The van der Waals surface area contributed by atoms with E-state index in [1.165, 1.54) is 38.3 Å². The Hall–Kier alpha value is -1.49. The van der Waals surface area contributed by atoms with Gasteiger partial charge in [-0.3, -0.25) is 4.79 Å². The van der Waals surface area contributed by atoms with Gasteiger partial charge in [0.15, 0.2) is 0 Å². The topological polar surface area (TPSA) is 32.3 Å². The van der Waals surface area contributed by atoms with Crippen molar-refractivity contribution in [2.24, 2.45) is 5.92 Å². The number of nitrogens with zero attached hydrogens (tertiary/aromatic N) is 1. The minimum Gasteiger partial charge on any atom is -0.349 e. The van der Waals surface area contributed by atoms with Crippen molar-refractivity contribution in [2.75, 3.05) is 19.6 Å². The molecule has 1 aliphatic carbocycles.